The molecule has 8 heteroatoms. The van der Waals surface area contributed by atoms with Crippen molar-refractivity contribution in [1.29, 1.82) is 5.26 Å². The fraction of sp³-hybridized carbons (Fsp3) is 0.300. The van der Waals surface area contributed by atoms with Crippen molar-refractivity contribution in [3.05, 3.63) is 70.3 Å². The number of allylic oxidation sites excluding steroid dienone is 1. The van der Waals surface area contributed by atoms with Crippen LogP contribution < -0.4 is 5.32 Å². The normalized spacial score (nSPS) is 23.9. The third-order valence-corrected chi connectivity index (χ3v) is 6.34. The lowest BCUT2D eigenvalue weighted by Crippen LogP contribution is -2.47. The first-order valence-corrected chi connectivity index (χ1v) is 9.93. The molecule has 2 N–H and O–H groups in total. The van der Waals surface area contributed by atoms with Gasteiger partial charge in [0.1, 0.15) is 5.82 Å². The summed E-state index contributed by atoms with van der Waals surface area (Å²) < 4.78 is 13.6. The number of carbonyl (C=O) groups is 1. The zero-order valence-electron chi connectivity index (χ0n) is 15.0. The van der Waals surface area contributed by atoms with E-state index in [4.69, 9.17) is 0 Å². The number of hydrogen-bond acceptors (Lipinski definition) is 5. The first-order valence-electron chi connectivity index (χ1n) is 9.05. The first kappa shape index (κ1) is 18.4. The summed E-state index contributed by atoms with van der Waals surface area (Å²) in [6, 6.07) is 6.49. The summed E-state index contributed by atoms with van der Waals surface area (Å²) in [5.74, 6) is -0.287. The second-order valence-corrected chi connectivity index (χ2v) is 8.04. The van der Waals surface area contributed by atoms with E-state index in [2.05, 4.69) is 11.5 Å². The number of nitrogens with zero attached hydrogens (tertiary/aromatic N) is 3. The summed E-state index contributed by atoms with van der Waals surface area (Å²) in [6.07, 6.45) is 8.44. The van der Waals surface area contributed by atoms with E-state index in [1.807, 2.05) is 18.2 Å². The smallest absolute Gasteiger partial charge is 0.407 e. The molecule has 6 nitrogen and oxygen atoms in total. The number of piperidine rings is 1. The van der Waals surface area contributed by atoms with Crippen LogP contribution in [0.3, 0.4) is 0 Å². The maximum absolute atomic E-state index is 13.6. The minimum atomic E-state index is -0.902. The molecular formula is C20H19FN4O2S. The molecule has 3 aliphatic heterocycles. The minimum Gasteiger partial charge on any atom is -0.465 e. The lowest BCUT2D eigenvalue weighted by atomic mass is 10.0. The first-order chi connectivity index (χ1) is 13.5. The highest BCUT2D eigenvalue weighted by Gasteiger charge is 2.32. The average Bonchev–Trinajstić information content (AvgIpc) is 3.14. The van der Waals surface area contributed by atoms with Crippen LogP contribution in [0.1, 0.15) is 23.7 Å². The molecule has 0 aliphatic carbocycles. The van der Waals surface area contributed by atoms with Crippen LogP contribution in [0.5, 0.6) is 0 Å². The number of likely N-dealkylation sites (tertiary alicyclic amines) is 1. The Balaban J connectivity index is 1.59. The predicted octanol–water partition coefficient (Wildman–Crippen LogP) is 3.75. The van der Waals surface area contributed by atoms with E-state index in [-0.39, 0.29) is 17.1 Å². The number of fused-ring (bicyclic) bond motifs is 1. The fourth-order valence-electron chi connectivity index (χ4n) is 3.67. The molecular weight excluding hydrogens is 379 g/mol. The van der Waals surface area contributed by atoms with Gasteiger partial charge in [-0.2, -0.15) is 5.26 Å². The van der Waals surface area contributed by atoms with Gasteiger partial charge < -0.3 is 15.3 Å². The molecule has 3 heterocycles. The second kappa shape index (κ2) is 7.60. The highest BCUT2D eigenvalue weighted by atomic mass is 32.2. The van der Waals surface area contributed by atoms with Crippen molar-refractivity contribution in [2.45, 2.75) is 24.1 Å². The average molecular weight is 398 g/mol. The quantitative estimate of drug-likeness (QED) is 0.755. The molecule has 1 unspecified atom stereocenters. The van der Waals surface area contributed by atoms with Crippen LogP contribution in [0.15, 0.2) is 58.9 Å². The van der Waals surface area contributed by atoms with Gasteiger partial charge in [0.05, 0.1) is 21.5 Å². The number of rotatable bonds is 3. The summed E-state index contributed by atoms with van der Waals surface area (Å²) in [5.41, 5.74) is 2.49. The van der Waals surface area contributed by atoms with E-state index >= 15 is 0 Å². The number of thioether (sulfide) groups is 1. The van der Waals surface area contributed by atoms with Crippen LogP contribution >= 0.6 is 11.8 Å². The van der Waals surface area contributed by atoms with Gasteiger partial charge in [-0.3, -0.25) is 4.90 Å². The Morgan fingerprint density at radius 2 is 2.29 bits per heavy atom. The topological polar surface area (TPSA) is 79.6 Å². The van der Waals surface area contributed by atoms with Gasteiger partial charge in [-0.25, -0.2) is 9.18 Å². The van der Waals surface area contributed by atoms with Crippen molar-refractivity contribution in [2.75, 3.05) is 13.1 Å². The van der Waals surface area contributed by atoms with Gasteiger partial charge in [-0.05, 0) is 42.7 Å². The van der Waals surface area contributed by atoms with E-state index < -0.39 is 6.09 Å². The number of benzene rings is 1. The fourth-order valence-corrected chi connectivity index (χ4v) is 4.95. The number of halogens is 1. The maximum atomic E-state index is 13.6. The molecule has 1 aromatic rings. The van der Waals surface area contributed by atoms with E-state index in [1.165, 1.54) is 21.9 Å². The zero-order valence-corrected chi connectivity index (χ0v) is 15.8. The molecule has 1 aromatic carbocycles. The Bertz CT molecular complexity index is 936. The number of hydrogen-bond donors (Lipinski definition) is 2. The molecule has 0 bridgehead atoms. The molecule has 3 aliphatic rings. The summed E-state index contributed by atoms with van der Waals surface area (Å²) in [4.78, 5) is 15.1. The van der Waals surface area contributed by atoms with Gasteiger partial charge in [0.2, 0.25) is 0 Å². The van der Waals surface area contributed by atoms with Crippen molar-refractivity contribution < 1.29 is 14.3 Å². The molecule has 0 radical (unpaired) electrons. The van der Waals surface area contributed by atoms with E-state index in [0.717, 1.165) is 34.7 Å². The van der Waals surface area contributed by atoms with Crippen LogP contribution in [0.2, 0.25) is 0 Å². The molecule has 1 fully saturated rings. The second-order valence-electron chi connectivity index (χ2n) is 6.89. The molecule has 1 amide bonds. The molecule has 4 rings (SSSR count). The van der Waals surface area contributed by atoms with Crippen molar-refractivity contribution in [2.24, 2.45) is 0 Å². The Hall–Kier alpha value is -2.92. The Morgan fingerprint density at radius 3 is 3.04 bits per heavy atom. The third-order valence-electron chi connectivity index (χ3n) is 5.02. The molecule has 28 heavy (non-hydrogen) atoms. The Labute approximate surface area is 166 Å². The number of nitriles is 1. The molecule has 0 spiro atoms. The standard InChI is InChI=1S/C20H19FN4O2S/c21-14-4-1-3-13(9-14)18-10-17-19(28-18)16(6-8-25(17)12-22)23-15-5-2-7-24(11-15)20(26)27/h1,3-4,6,8-10,15,18,23H,2,5,7,11H2,(H,26,27)/t15-,18?/m0/s1. The number of carboxylic acid groups (broad SMARTS) is 1. The van der Waals surface area contributed by atoms with Crippen LogP contribution in [-0.2, 0) is 0 Å². The van der Waals surface area contributed by atoms with Gasteiger partial charge in [-0.15, -0.1) is 11.8 Å². The van der Waals surface area contributed by atoms with Gasteiger partial charge in [0.25, 0.3) is 0 Å². The lowest BCUT2D eigenvalue weighted by Gasteiger charge is -2.33. The van der Waals surface area contributed by atoms with Gasteiger partial charge in [0.15, 0.2) is 6.19 Å². The highest BCUT2D eigenvalue weighted by Crippen LogP contribution is 2.49. The van der Waals surface area contributed by atoms with E-state index in [1.54, 1.807) is 24.0 Å². The van der Waals surface area contributed by atoms with Crippen molar-refractivity contribution in [3.8, 4) is 6.19 Å². The molecule has 1 saturated heterocycles. The SMILES string of the molecule is N#CN1C=CC(N[C@H]2CCCN(C(=O)O)C2)=C2SC(c3cccc(F)c3)C=C21. The van der Waals surface area contributed by atoms with Gasteiger partial charge >= 0.3 is 6.09 Å². The third kappa shape index (κ3) is 3.58. The van der Waals surface area contributed by atoms with Gasteiger partial charge in [0, 0.05) is 25.3 Å². The van der Waals surface area contributed by atoms with Crippen molar-refractivity contribution in [3.63, 3.8) is 0 Å². The lowest BCUT2D eigenvalue weighted by molar-refractivity contribution is 0.127. The summed E-state index contributed by atoms with van der Waals surface area (Å²) in [5, 5.41) is 22.1. The van der Waals surface area contributed by atoms with Crippen LogP contribution in [0.25, 0.3) is 0 Å². The predicted molar refractivity (Wildman–Crippen MR) is 104 cm³/mol. The number of nitrogens with one attached hydrogen (secondary N) is 1. The van der Waals surface area contributed by atoms with E-state index in [0.29, 0.717) is 13.1 Å². The largest absolute Gasteiger partial charge is 0.465 e. The van der Waals surface area contributed by atoms with Crippen LogP contribution in [-0.4, -0.2) is 40.1 Å². The van der Waals surface area contributed by atoms with Gasteiger partial charge in [-0.1, -0.05) is 12.1 Å². The molecule has 0 saturated carbocycles. The summed E-state index contributed by atoms with van der Waals surface area (Å²) >= 11 is 1.56. The minimum absolute atomic E-state index is 0.0145. The molecule has 2 atom stereocenters. The maximum Gasteiger partial charge on any atom is 0.407 e. The monoisotopic (exact) mass is 398 g/mol. The highest BCUT2D eigenvalue weighted by molar-refractivity contribution is 8.04. The number of amides is 1. The van der Waals surface area contributed by atoms with Crippen LogP contribution in [0, 0.1) is 17.3 Å². The van der Waals surface area contributed by atoms with Crippen molar-refractivity contribution >= 4 is 17.9 Å². The van der Waals surface area contributed by atoms with E-state index in [9.17, 15) is 19.6 Å². The molecule has 144 valence electrons. The van der Waals surface area contributed by atoms with Crippen molar-refractivity contribution in [1.82, 2.24) is 15.1 Å². The Kier molecular flexibility index (Phi) is 5.01. The summed E-state index contributed by atoms with van der Waals surface area (Å²) in [6.45, 7) is 0.984. The zero-order chi connectivity index (χ0) is 19.7. The summed E-state index contributed by atoms with van der Waals surface area (Å²) in [7, 11) is 0. The Morgan fingerprint density at radius 1 is 1.43 bits per heavy atom. The molecule has 0 aromatic heterocycles. The van der Waals surface area contributed by atoms with Crippen LogP contribution in [0.4, 0.5) is 9.18 Å².